The van der Waals surface area contributed by atoms with E-state index in [1.807, 2.05) is 33.3 Å². The minimum absolute atomic E-state index is 0.0300. The van der Waals surface area contributed by atoms with Crippen molar-refractivity contribution in [2.45, 2.75) is 232 Å². The maximum Gasteiger partial charge on any atom is 0.472 e. The van der Waals surface area contributed by atoms with E-state index in [4.69, 9.17) is 13.8 Å². The number of carbonyl (C=O) groups is 2. The van der Waals surface area contributed by atoms with Crippen LogP contribution in [0.15, 0.2) is 85.1 Å². The number of unbranched alkanes of at least 4 members (excludes halogenated alkanes) is 22. The van der Waals surface area contributed by atoms with Gasteiger partial charge < -0.3 is 19.4 Å². The molecule has 0 aromatic heterocycles. The molecule has 0 heterocycles. The van der Waals surface area contributed by atoms with Gasteiger partial charge in [0.05, 0.1) is 33.8 Å². The highest BCUT2D eigenvalue weighted by molar-refractivity contribution is 7.47. The summed E-state index contributed by atoms with van der Waals surface area (Å²) >= 11 is 0. The van der Waals surface area contributed by atoms with Crippen molar-refractivity contribution in [3.63, 3.8) is 0 Å². The molecule has 0 saturated carbocycles. The molecule has 0 aromatic carbocycles. The SMILES string of the molecule is CC/C=C/C=C/C=C\CCCCCCCC(=O)OC(/C=C/CCCCCCCCCCCCC)C(COP(=O)(O)OCC[N+](C)(C)C)NC(=O)CCCCCCCC/C=C/C/C=C/C/C=C/CC. The molecule has 392 valence electrons. The summed E-state index contributed by atoms with van der Waals surface area (Å²) in [6.45, 7) is 6.73. The summed E-state index contributed by atoms with van der Waals surface area (Å²) in [7, 11) is 1.46. The van der Waals surface area contributed by atoms with Gasteiger partial charge in [-0.2, -0.15) is 0 Å². The van der Waals surface area contributed by atoms with E-state index in [9.17, 15) is 19.0 Å². The van der Waals surface area contributed by atoms with E-state index in [1.165, 1.54) is 57.8 Å². The predicted octanol–water partition coefficient (Wildman–Crippen LogP) is 16.3. The Morgan fingerprint density at radius 1 is 0.544 bits per heavy atom. The second kappa shape index (κ2) is 47.8. The van der Waals surface area contributed by atoms with Crippen molar-refractivity contribution in [2.24, 2.45) is 0 Å². The standard InChI is InChI=1S/C58H103N2O7P/c1-7-10-13-16-19-22-25-28-29-30-33-35-38-41-44-47-50-57(61)59-55(54-66-68(63,64)65-53-52-60(4,5)6)56(49-46-43-40-37-34-31-26-23-20-17-14-11-8-2)67-58(62)51-48-45-42-39-36-32-27-24-21-18-15-12-9-3/h10,12-13,15,18-19,21-22,24,27-29,46,49,55-56H,7-9,11,14,16-17,20,23,25-26,30-45,47-48,50-54H2,1-6H3,(H-,59,61,63,64)/p+1/b13-10+,15-12+,21-18+,22-19+,27-24-,29-28+,49-46+. The lowest BCUT2D eigenvalue weighted by Gasteiger charge is -2.27. The van der Waals surface area contributed by atoms with Gasteiger partial charge in [0, 0.05) is 12.8 Å². The molecular formula is C58H104N2O7P+. The first-order valence-corrected chi connectivity index (χ1v) is 28.9. The molecule has 68 heavy (non-hydrogen) atoms. The first-order valence-electron chi connectivity index (χ1n) is 27.4. The van der Waals surface area contributed by atoms with Crippen LogP contribution < -0.4 is 5.32 Å². The van der Waals surface area contributed by atoms with E-state index in [2.05, 4.69) is 99.0 Å². The summed E-state index contributed by atoms with van der Waals surface area (Å²) in [6.07, 6.45) is 61.5. The molecule has 2 N–H and O–H groups in total. The molecule has 0 radical (unpaired) electrons. The Morgan fingerprint density at radius 3 is 1.57 bits per heavy atom. The summed E-state index contributed by atoms with van der Waals surface area (Å²) in [5, 5.41) is 3.03. The number of quaternary nitrogens is 1. The number of nitrogens with zero attached hydrogens (tertiary/aromatic N) is 1. The van der Waals surface area contributed by atoms with Gasteiger partial charge in [-0.25, -0.2) is 4.57 Å². The Balaban J connectivity index is 5.46. The number of likely N-dealkylation sites (N-methyl/N-ethyl adjacent to an activating group) is 1. The molecule has 9 nitrogen and oxygen atoms in total. The summed E-state index contributed by atoms with van der Waals surface area (Å²) in [4.78, 5) is 37.5. The summed E-state index contributed by atoms with van der Waals surface area (Å²) in [5.41, 5.74) is 0. The molecule has 0 aliphatic rings. The van der Waals surface area contributed by atoms with Crippen LogP contribution >= 0.6 is 7.82 Å². The van der Waals surface area contributed by atoms with Gasteiger partial charge in [-0.1, -0.05) is 209 Å². The van der Waals surface area contributed by atoms with E-state index < -0.39 is 20.0 Å². The lowest BCUT2D eigenvalue weighted by molar-refractivity contribution is -0.870. The van der Waals surface area contributed by atoms with Crippen molar-refractivity contribution in [2.75, 3.05) is 40.9 Å². The number of hydrogen-bond donors (Lipinski definition) is 2. The average Bonchev–Trinajstić information content (AvgIpc) is 3.29. The summed E-state index contributed by atoms with van der Waals surface area (Å²) < 4.78 is 30.5. The van der Waals surface area contributed by atoms with Gasteiger partial charge in [-0.05, 0) is 83.1 Å². The highest BCUT2D eigenvalue weighted by Gasteiger charge is 2.30. The molecule has 0 bridgehead atoms. The third-order valence-corrected chi connectivity index (χ3v) is 12.6. The number of phosphoric ester groups is 1. The molecule has 0 aliphatic carbocycles. The molecule has 0 saturated heterocycles. The fourth-order valence-electron chi connectivity index (χ4n) is 7.42. The van der Waals surface area contributed by atoms with Crippen LogP contribution in [-0.2, 0) is 27.9 Å². The summed E-state index contributed by atoms with van der Waals surface area (Å²) in [5.74, 6) is -0.550. The molecule has 0 fully saturated rings. The molecule has 0 spiro atoms. The van der Waals surface area contributed by atoms with Crippen LogP contribution in [-0.4, -0.2) is 74.3 Å². The van der Waals surface area contributed by atoms with Crippen LogP contribution in [0.4, 0.5) is 0 Å². The van der Waals surface area contributed by atoms with Crippen molar-refractivity contribution in [3.8, 4) is 0 Å². The first kappa shape index (κ1) is 65.2. The van der Waals surface area contributed by atoms with Crippen molar-refractivity contribution in [1.29, 1.82) is 0 Å². The van der Waals surface area contributed by atoms with Gasteiger partial charge in [0.25, 0.3) is 0 Å². The molecule has 1 amide bonds. The van der Waals surface area contributed by atoms with Crippen molar-refractivity contribution in [3.05, 3.63) is 85.1 Å². The van der Waals surface area contributed by atoms with Gasteiger partial charge >= 0.3 is 13.8 Å². The quantitative estimate of drug-likeness (QED) is 0.0156. The van der Waals surface area contributed by atoms with Gasteiger partial charge in [0.1, 0.15) is 19.3 Å². The minimum Gasteiger partial charge on any atom is -0.456 e. The van der Waals surface area contributed by atoms with E-state index in [0.29, 0.717) is 23.9 Å². The smallest absolute Gasteiger partial charge is 0.456 e. The van der Waals surface area contributed by atoms with Gasteiger partial charge in [-0.15, -0.1) is 0 Å². The third-order valence-electron chi connectivity index (χ3n) is 11.6. The highest BCUT2D eigenvalue weighted by Crippen LogP contribution is 2.43. The first-order chi connectivity index (χ1) is 32.9. The van der Waals surface area contributed by atoms with E-state index in [0.717, 1.165) is 122 Å². The van der Waals surface area contributed by atoms with Crippen LogP contribution in [0.2, 0.25) is 0 Å². The van der Waals surface area contributed by atoms with Gasteiger partial charge in [-0.3, -0.25) is 18.6 Å². The number of rotatable bonds is 48. The molecule has 0 rings (SSSR count). The van der Waals surface area contributed by atoms with Crippen LogP contribution in [0.3, 0.4) is 0 Å². The Hall–Kier alpha value is -2.81. The molecule has 0 aromatic rings. The fraction of sp³-hybridized carbons (Fsp3) is 0.724. The number of ether oxygens (including phenoxy) is 1. The van der Waals surface area contributed by atoms with Crippen LogP contribution in [0, 0.1) is 0 Å². The lowest BCUT2D eigenvalue weighted by Crippen LogP contribution is -2.47. The number of esters is 1. The monoisotopic (exact) mass is 972 g/mol. The Kier molecular flexibility index (Phi) is 45.9. The molecule has 0 aliphatic heterocycles. The van der Waals surface area contributed by atoms with Crippen LogP contribution in [0.5, 0.6) is 0 Å². The molecule has 3 unspecified atom stereocenters. The third kappa shape index (κ3) is 48.2. The van der Waals surface area contributed by atoms with Gasteiger partial charge in [0.2, 0.25) is 5.91 Å². The molecular weight excluding hydrogens is 868 g/mol. The molecule has 3 atom stereocenters. The lowest BCUT2D eigenvalue weighted by atomic mass is 10.0. The number of allylic oxidation sites excluding steroid dienone is 13. The highest BCUT2D eigenvalue weighted by atomic mass is 31.2. The second-order valence-corrected chi connectivity index (χ2v) is 20.9. The van der Waals surface area contributed by atoms with E-state index in [-0.39, 0.29) is 31.5 Å². The largest absolute Gasteiger partial charge is 0.472 e. The normalized spacial score (nSPS) is 14.5. The zero-order chi connectivity index (χ0) is 50.1. The van der Waals surface area contributed by atoms with Gasteiger partial charge in [0.15, 0.2) is 0 Å². The van der Waals surface area contributed by atoms with Crippen LogP contribution in [0.25, 0.3) is 0 Å². The fourth-order valence-corrected chi connectivity index (χ4v) is 8.16. The molecule has 10 heteroatoms. The number of hydrogen-bond acceptors (Lipinski definition) is 6. The second-order valence-electron chi connectivity index (χ2n) is 19.4. The van der Waals surface area contributed by atoms with Crippen molar-refractivity contribution < 1.29 is 37.3 Å². The number of carbonyl (C=O) groups excluding carboxylic acids is 2. The van der Waals surface area contributed by atoms with Crippen molar-refractivity contribution >= 4 is 19.7 Å². The minimum atomic E-state index is -4.45. The van der Waals surface area contributed by atoms with Crippen molar-refractivity contribution in [1.82, 2.24) is 5.32 Å². The Morgan fingerprint density at radius 2 is 1.01 bits per heavy atom. The van der Waals surface area contributed by atoms with Crippen LogP contribution in [0.1, 0.15) is 220 Å². The Bertz CT molecular complexity index is 1440. The summed E-state index contributed by atoms with van der Waals surface area (Å²) in [6, 6.07) is -0.866. The Labute approximate surface area is 418 Å². The van der Waals surface area contributed by atoms with E-state index >= 15 is 0 Å². The number of phosphoric acid groups is 1. The topological polar surface area (TPSA) is 111 Å². The maximum atomic E-state index is 13.5. The predicted molar refractivity (Wildman–Crippen MR) is 291 cm³/mol. The number of nitrogens with one attached hydrogen (secondary N) is 1. The van der Waals surface area contributed by atoms with E-state index in [1.54, 1.807) is 0 Å². The number of amides is 1. The average molecular weight is 972 g/mol. The maximum absolute atomic E-state index is 13.5. The zero-order valence-corrected chi connectivity index (χ0v) is 45.5. The zero-order valence-electron chi connectivity index (χ0n) is 44.6.